The maximum atomic E-state index is 12.3. The Labute approximate surface area is 102 Å². The van der Waals surface area contributed by atoms with Crippen LogP contribution in [0.5, 0.6) is 0 Å². The molecular weight excluding hydrogens is 247 g/mol. The summed E-state index contributed by atoms with van der Waals surface area (Å²) in [6.45, 7) is 4.64. The number of hydrogen-bond acceptors (Lipinski definition) is 2. The summed E-state index contributed by atoms with van der Waals surface area (Å²) in [7, 11) is 0. The van der Waals surface area contributed by atoms with Gasteiger partial charge in [0.05, 0.1) is 0 Å². The fourth-order valence-electron chi connectivity index (χ4n) is 2.02. The zero-order valence-electron chi connectivity index (χ0n) is 10.0. The summed E-state index contributed by atoms with van der Waals surface area (Å²) in [5, 5.41) is 7.77. The smallest absolute Gasteiger partial charge is 0.350 e. The van der Waals surface area contributed by atoms with Crippen LogP contribution in [0.2, 0.25) is 0 Å². The number of halogens is 3. The number of aromatic amines is 1. The van der Waals surface area contributed by atoms with Gasteiger partial charge in [0.25, 0.3) is 5.91 Å². The molecular formula is C11H14F3N3O. The second-order valence-corrected chi connectivity index (χ2v) is 4.76. The number of carbonyl (C=O) groups excluding carboxylic acids is 1. The average Bonchev–Trinajstić information content (AvgIpc) is 2.73. The highest BCUT2D eigenvalue weighted by Crippen LogP contribution is 2.44. The molecule has 0 radical (unpaired) electrons. The minimum absolute atomic E-state index is 0.233. The van der Waals surface area contributed by atoms with Gasteiger partial charge >= 0.3 is 6.18 Å². The lowest BCUT2D eigenvalue weighted by Crippen LogP contribution is -2.26. The molecule has 0 aliphatic heterocycles. The summed E-state index contributed by atoms with van der Waals surface area (Å²) in [5.74, 6) is 0.938. The lowest BCUT2D eigenvalue weighted by molar-refractivity contribution is -0.141. The Balaban J connectivity index is 1.91. The van der Waals surface area contributed by atoms with Crippen molar-refractivity contribution in [2.24, 2.45) is 17.8 Å². The minimum atomic E-state index is -4.51. The third kappa shape index (κ3) is 2.49. The van der Waals surface area contributed by atoms with Crippen molar-refractivity contribution in [2.75, 3.05) is 6.54 Å². The Morgan fingerprint density at radius 1 is 1.44 bits per heavy atom. The van der Waals surface area contributed by atoms with Gasteiger partial charge in [-0.2, -0.15) is 18.3 Å². The fraction of sp³-hybridized carbons (Fsp3) is 0.636. The van der Waals surface area contributed by atoms with Gasteiger partial charge in [0.1, 0.15) is 5.69 Å². The van der Waals surface area contributed by atoms with Crippen LogP contribution in [0.4, 0.5) is 13.2 Å². The molecule has 1 amide bonds. The number of aromatic nitrogens is 2. The van der Waals surface area contributed by atoms with Crippen molar-refractivity contribution in [3.8, 4) is 0 Å². The lowest BCUT2D eigenvalue weighted by Gasteiger charge is -2.01. The molecule has 7 heteroatoms. The summed E-state index contributed by atoms with van der Waals surface area (Å²) in [4.78, 5) is 11.6. The van der Waals surface area contributed by atoms with E-state index >= 15 is 0 Å². The maximum Gasteiger partial charge on any atom is 0.432 e. The van der Waals surface area contributed by atoms with Gasteiger partial charge in [-0.25, -0.2) is 0 Å². The molecule has 1 fully saturated rings. The van der Waals surface area contributed by atoms with E-state index in [9.17, 15) is 18.0 Å². The molecule has 2 N–H and O–H groups in total. The van der Waals surface area contributed by atoms with Crippen LogP contribution in [0.25, 0.3) is 0 Å². The van der Waals surface area contributed by atoms with E-state index in [0.29, 0.717) is 24.3 Å². The number of hydrogen-bond donors (Lipinski definition) is 2. The molecule has 0 spiro atoms. The van der Waals surface area contributed by atoms with Crippen LogP contribution >= 0.6 is 0 Å². The monoisotopic (exact) mass is 261 g/mol. The zero-order valence-corrected chi connectivity index (χ0v) is 10.0. The molecule has 0 bridgehead atoms. The Hall–Kier alpha value is -1.53. The van der Waals surface area contributed by atoms with Crippen LogP contribution in [-0.4, -0.2) is 22.6 Å². The minimum Gasteiger partial charge on any atom is -0.350 e. The van der Waals surface area contributed by atoms with Gasteiger partial charge in [-0.15, -0.1) is 0 Å². The van der Waals surface area contributed by atoms with Crippen molar-refractivity contribution in [2.45, 2.75) is 20.0 Å². The van der Waals surface area contributed by atoms with Gasteiger partial charge in [0, 0.05) is 12.6 Å². The van der Waals surface area contributed by atoms with Gasteiger partial charge in [-0.1, -0.05) is 13.8 Å². The number of amides is 1. The number of carbonyl (C=O) groups is 1. The molecule has 18 heavy (non-hydrogen) atoms. The number of H-pyrrole nitrogens is 1. The van der Waals surface area contributed by atoms with Crippen LogP contribution in [0.1, 0.15) is 30.0 Å². The van der Waals surface area contributed by atoms with Gasteiger partial charge in [-0.3, -0.25) is 9.89 Å². The van der Waals surface area contributed by atoms with Crippen molar-refractivity contribution in [1.29, 1.82) is 0 Å². The topological polar surface area (TPSA) is 57.8 Å². The Kier molecular flexibility index (Phi) is 3.08. The molecule has 1 saturated carbocycles. The highest BCUT2D eigenvalue weighted by atomic mass is 19.4. The molecule has 100 valence electrons. The van der Waals surface area contributed by atoms with E-state index in [1.54, 1.807) is 0 Å². The summed E-state index contributed by atoms with van der Waals surface area (Å²) < 4.78 is 36.9. The molecule has 2 rings (SSSR count). The molecule has 1 heterocycles. The van der Waals surface area contributed by atoms with Crippen molar-refractivity contribution >= 4 is 5.91 Å². The lowest BCUT2D eigenvalue weighted by atomic mass is 10.3. The first-order valence-corrected chi connectivity index (χ1v) is 5.71. The van der Waals surface area contributed by atoms with Crippen LogP contribution in [-0.2, 0) is 6.18 Å². The number of nitrogens with zero attached hydrogens (tertiary/aromatic N) is 1. The molecule has 1 aromatic rings. The van der Waals surface area contributed by atoms with Gasteiger partial charge < -0.3 is 5.32 Å². The molecule has 1 aliphatic carbocycles. The van der Waals surface area contributed by atoms with Gasteiger partial charge in [-0.05, 0) is 17.8 Å². The van der Waals surface area contributed by atoms with Gasteiger partial charge in [0.15, 0.2) is 5.69 Å². The first-order chi connectivity index (χ1) is 8.30. The van der Waals surface area contributed by atoms with E-state index in [-0.39, 0.29) is 5.69 Å². The summed E-state index contributed by atoms with van der Waals surface area (Å²) in [6.07, 6.45) is -4.51. The number of rotatable bonds is 3. The van der Waals surface area contributed by atoms with Crippen LogP contribution in [0, 0.1) is 17.8 Å². The molecule has 0 saturated heterocycles. The van der Waals surface area contributed by atoms with Crippen LogP contribution in [0.3, 0.4) is 0 Å². The first-order valence-electron chi connectivity index (χ1n) is 5.71. The van der Waals surface area contributed by atoms with E-state index < -0.39 is 17.8 Å². The predicted molar refractivity (Wildman–Crippen MR) is 57.7 cm³/mol. The van der Waals surface area contributed by atoms with Crippen molar-refractivity contribution < 1.29 is 18.0 Å². The summed E-state index contributed by atoms with van der Waals surface area (Å²) in [6, 6.07) is 0.717. The Bertz CT molecular complexity index is 447. The Morgan fingerprint density at radius 2 is 2.06 bits per heavy atom. The number of alkyl halides is 3. The standard InChI is InChI=1S/C11H14F3N3O/c1-5-6(2)7(5)4-15-10(18)8-3-9(17-16-8)11(12,13)14/h3,5-7H,4H2,1-2H3,(H,15,18)(H,16,17)/t5-,6-/m1/s1. The highest BCUT2D eigenvalue weighted by molar-refractivity contribution is 5.92. The quantitative estimate of drug-likeness (QED) is 0.875. The largest absolute Gasteiger partial charge is 0.432 e. The highest BCUT2D eigenvalue weighted by Gasteiger charge is 2.42. The van der Waals surface area contributed by atoms with E-state index in [0.717, 1.165) is 6.07 Å². The average molecular weight is 261 g/mol. The second-order valence-electron chi connectivity index (χ2n) is 4.76. The van der Waals surface area contributed by atoms with E-state index in [1.807, 2.05) is 5.10 Å². The molecule has 1 aromatic heterocycles. The molecule has 2 atom stereocenters. The first kappa shape index (κ1) is 12.9. The molecule has 0 aromatic carbocycles. The second kappa shape index (κ2) is 4.29. The third-order valence-corrected chi connectivity index (χ3v) is 3.65. The van der Waals surface area contributed by atoms with Gasteiger partial charge in [0.2, 0.25) is 0 Å². The molecule has 1 aliphatic rings. The maximum absolute atomic E-state index is 12.3. The molecule has 0 unspecified atom stereocenters. The molecule has 4 nitrogen and oxygen atoms in total. The van der Waals surface area contributed by atoms with E-state index in [2.05, 4.69) is 24.3 Å². The Morgan fingerprint density at radius 3 is 2.50 bits per heavy atom. The van der Waals surface area contributed by atoms with Crippen LogP contribution < -0.4 is 5.32 Å². The van der Waals surface area contributed by atoms with Crippen molar-refractivity contribution in [3.05, 3.63) is 17.5 Å². The summed E-state index contributed by atoms with van der Waals surface area (Å²) in [5.41, 5.74) is -1.25. The predicted octanol–water partition coefficient (Wildman–Crippen LogP) is 2.06. The SMILES string of the molecule is C[C@H]1C(CNC(=O)c2cc(C(F)(F)F)[nH]n2)[C@@H]1C. The number of nitrogens with one attached hydrogen (secondary N) is 2. The normalized spacial score (nSPS) is 27.1. The van der Waals surface area contributed by atoms with Crippen molar-refractivity contribution in [1.82, 2.24) is 15.5 Å². The van der Waals surface area contributed by atoms with Crippen LogP contribution in [0.15, 0.2) is 6.07 Å². The fourth-order valence-corrected chi connectivity index (χ4v) is 2.02. The van der Waals surface area contributed by atoms with E-state index in [4.69, 9.17) is 0 Å². The summed E-state index contributed by atoms with van der Waals surface area (Å²) >= 11 is 0. The van der Waals surface area contributed by atoms with E-state index in [1.165, 1.54) is 0 Å². The zero-order chi connectivity index (χ0) is 13.5. The van der Waals surface area contributed by atoms with Crippen molar-refractivity contribution in [3.63, 3.8) is 0 Å². The third-order valence-electron chi connectivity index (χ3n) is 3.65.